The minimum atomic E-state index is 0.327. The van der Waals surface area contributed by atoms with Crippen molar-refractivity contribution in [3.8, 4) is 5.75 Å². The van der Waals surface area contributed by atoms with Crippen molar-refractivity contribution in [2.45, 2.75) is 33.2 Å². The van der Waals surface area contributed by atoms with Gasteiger partial charge in [-0.2, -0.15) is 0 Å². The SMILES string of the molecule is CCC(C)CNC(C)c1ccc(O)cc1. The van der Waals surface area contributed by atoms with Crippen LogP contribution >= 0.6 is 0 Å². The van der Waals surface area contributed by atoms with Gasteiger partial charge >= 0.3 is 0 Å². The third-order valence-corrected chi connectivity index (χ3v) is 2.86. The number of rotatable bonds is 5. The second-order valence-electron chi connectivity index (χ2n) is 4.23. The first-order chi connectivity index (χ1) is 7.13. The summed E-state index contributed by atoms with van der Waals surface area (Å²) in [5, 5.41) is 12.7. The van der Waals surface area contributed by atoms with Crippen LogP contribution in [0.4, 0.5) is 0 Å². The smallest absolute Gasteiger partial charge is 0.115 e. The van der Waals surface area contributed by atoms with E-state index < -0.39 is 0 Å². The highest BCUT2D eigenvalue weighted by molar-refractivity contribution is 5.27. The third-order valence-electron chi connectivity index (χ3n) is 2.86. The van der Waals surface area contributed by atoms with Crippen molar-refractivity contribution in [3.63, 3.8) is 0 Å². The van der Waals surface area contributed by atoms with Crippen molar-refractivity contribution in [1.29, 1.82) is 0 Å². The second kappa shape index (κ2) is 5.76. The highest BCUT2D eigenvalue weighted by Gasteiger charge is 2.06. The number of phenols is 1. The molecule has 0 aliphatic carbocycles. The first-order valence-corrected chi connectivity index (χ1v) is 5.65. The molecule has 1 aromatic carbocycles. The molecule has 2 atom stereocenters. The van der Waals surface area contributed by atoms with E-state index in [1.54, 1.807) is 12.1 Å². The van der Waals surface area contributed by atoms with Crippen LogP contribution in [0.5, 0.6) is 5.75 Å². The van der Waals surface area contributed by atoms with Crippen LogP contribution in [0.2, 0.25) is 0 Å². The molecular formula is C13H21NO. The summed E-state index contributed by atoms with van der Waals surface area (Å²) in [5.74, 6) is 1.04. The molecule has 2 N–H and O–H groups in total. The molecule has 2 nitrogen and oxygen atoms in total. The van der Waals surface area contributed by atoms with Gasteiger partial charge in [-0.3, -0.25) is 0 Å². The van der Waals surface area contributed by atoms with Crippen LogP contribution in [-0.4, -0.2) is 11.7 Å². The molecule has 0 saturated carbocycles. The molecule has 84 valence electrons. The summed E-state index contributed by atoms with van der Waals surface area (Å²) in [4.78, 5) is 0. The number of benzene rings is 1. The van der Waals surface area contributed by atoms with E-state index in [0.29, 0.717) is 17.7 Å². The molecule has 0 bridgehead atoms. The number of phenolic OH excluding ortho intramolecular Hbond substituents is 1. The Kier molecular flexibility index (Phi) is 4.63. The molecule has 0 fully saturated rings. The summed E-state index contributed by atoms with van der Waals surface area (Å²) in [7, 11) is 0. The van der Waals surface area contributed by atoms with Crippen LogP contribution in [0.1, 0.15) is 38.8 Å². The monoisotopic (exact) mass is 207 g/mol. The quantitative estimate of drug-likeness (QED) is 0.777. The molecule has 2 unspecified atom stereocenters. The van der Waals surface area contributed by atoms with E-state index in [4.69, 9.17) is 0 Å². The maximum Gasteiger partial charge on any atom is 0.115 e. The average molecular weight is 207 g/mol. The number of aromatic hydroxyl groups is 1. The Labute approximate surface area is 92.3 Å². The van der Waals surface area contributed by atoms with E-state index in [2.05, 4.69) is 26.1 Å². The van der Waals surface area contributed by atoms with Crippen molar-refractivity contribution in [2.75, 3.05) is 6.54 Å². The third kappa shape index (κ3) is 3.92. The minimum absolute atomic E-state index is 0.327. The Balaban J connectivity index is 2.46. The summed E-state index contributed by atoms with van der Waals surface area (Å²) in [6, 6.07) is 7.74. The van der Waals surface area contributed by atoms with Crippen molar-refractivity contribution in [1.82, 2.24) is 5.32 Å². The van der Waals surface area contributed by atoms with E-state index in [9.17, 15) is 5.11 Å². The summed E-state index contributed by atoms with van der Waals surface area (Å²) in [6.45, 7) is 7.64. The normalized spacial score (nSPS) is 14.9. The summed E-state index contributed by atoms with van der Waals surface area (Å²) in [5.41, 5.74) is 1.22. The highest BCUT2D eigenvalue weighted by Crippen LogP contribution is 2.16. The van der Waals surface area contributed by atoms with Crippen LogP contribution in [0, 0.1) is 5.92 Å². The van der Waals surface area contributed by atoms with E-state index in [-0.39, 0.29) is 0 Å². The largest absolute Gasteiger partial charge is 0.508 e. The molecule has 0 heterocycles. The fourth-order valence-electron chi connectivity index (χ4n) is 1.40. The lowest BCUT2D eigenvalue weighted by Gasteiger charge is -2.17. The van der Waals surface area contributed by atoms with Crippen LogP contribution in [-0.2, 0) is 0 Å². The molecule has 0 radical (unpaired) electrons. The van der Waals surface area contributed by atoms with Gasteiger partial charge in [0.25, 0.3) is 0 Å². The Bertz CT molecular complexity index is 281. The van der Waals surface area contributed by atoms with Gasteiger partial charge in [0.2, 0.25) is 0 Å². The predicted molar refractivity (Wildman–Crippen MR) is 64.0 cm³/mol. The van der Waals surface area contributed by atoms with Gasteiger partial charge in [-0.25, -0.2) is 0 Å². The topological polar surface area (TPSA) is 32.3 Å². The van der Waals surface area contributed by atoms with Crippen LogP contribution < -0.4 is 5.32 Å². The Hall–Kier alpha value is -1.02. The molecule has 0 amide bonds. The van der Waals surface area contributed by atoms with Gasteiger partial charge in [-0.15, -0.1) is 0 Å². The summed E-state index contributed by atoms with van der Waals surface area (Å²) in [6.07, 6.45) is 1.20. The van der Waals surface area contributed by atoms with Crippen LogP contribution in [0.15, 0.2) is 24.3 Å². The number of nitrogens with one attached hydrogen (secondary N) is 1. The van der Waals surface area contributed by atoms with E-state index in [1.807, 2.05) is 12.1 Å². The second-order valence-corrected chi connectivity index (χ2v) is 4.23. The fourth-order valence-corrected chi connectivity index (χ4v) is 1.40. The van der Waals surface area contributed by atoms with Crippen molar-refractivity contribution < 1.29 is 5.11 Å². The van der Waals surface area contributed by atoms with Gasteiger partial charge in [0.15, 0.2) is 0 Å². The lowest BCUT2D eigenvalue weighted by Crippen LogP contribution is -2.24. The number of hydrogen-bond donors (Lipinski definition) is 2. The standard InChI is InChI=1S/C13H21NO/c1-4-10(2)9-14-11(3)12-5-7-13(15)8-6-12/h5-8,10-11,14-15H,4,9H2,1-3H3. The highest BCUT2D eigenvalue weighted by atomic mass is 16.3. The Morgan fingerprint density at radius 1 is 1.20 bits per heavy atom. The zero-order chi connectivity index (χ0) is 11.3. The van der Waals surface area contributed by atoms with Crippen molar-refractivity contribution >= 4 is 0 Å². The maximum atomic E-state index is 9.17. The van der Waals surface area contributed by atoms with Gasteiger partial charge < -0.3 is 10.4 Å². The van der Waals surface area contributed by atoms with Gasteiger partial charge in [0, 0.05) is 6.04 Å². The maximum absolute atomic E-state index is 9.17. The van der Waals surface area contributed by atoms with Gasteiger partial charge in [0.05, 0.1) is 0 Å². The zero-order valence-corrected chi connectivity index (χ0v) is 9.83. The van der Waals surface area contributed by atoms with Crippen molar-refractivity contribution in [3.05, 3.63) is 29.8 Å². The van der Waals surface area contributed by atoms with Crippen LogP contribution in [0.25, 0.3) is 0 Å². The number of hydrogen-bond acceptors (Lipinski definition) is 2. The van der Waals surface area contributed by atoms with E-state index >= 15 is 0 Å². The van der Waals surface area contributed by atoms with Gasteiger partial charge in [-0.05, 0) is 37.1 Å². The molecule has 1 aromatic rings. The predicted octanol–water partition coefficient (Wildman–Crippen LogP) is 3.09. The van der Waals surface area contributed by atoms with Gasteiger partial charge in [0.1, 0.15) is 5.75 Å². The first-order valence-electron chi connectivity index (χ1n) is 5.65. The van der Waals surface area contributed by atoms with E-state index in [0.717, 1.165) is 6.54 Å². The summed E-state index contributed by atoms with van der Waals surface area (Å²) >= 11 is 0. The molecule has 2 heteroatoms. The minimum Gasteiger partial charge on any atom is -0.508 e. The average Bonchev–Trinajstić information content (AvgIpc) is 2.26. The zero-order valence-electron chi connectivity index (χ0n) is 9.83. The molecule has 15 heavy (non-hydrogen) atoms. The van der Waals surface area contributed by atoms with Gasteiger partial charge in [-0.1, -0.05) is 32.4 Å². The molecule has 1 rings (SSSR count). The fraction of sp³-hybridized carbons (Fsp3) is 0.538. The molecule has 0 aliphatic heterocycles. The van der Waals surface area contributed by atoms with E-state index in [1.165, 1.54) is 12.0 Å². The van der Waals surface area contributed by atoms with Crippen molar-refractivity contribution in [2.24, 2.45) is 5.92 Å². The lowest BCUT2D eigenvalue weighted by atomic mass is 10.1. The lowest BCUT2D eigenvalue weighted by molar-refractivity contribution is 0.458. The molecule has 0 saturated heterocycles. The molecule has 0 aromatic heterocycles. The Morgan fingerprint density at radius 3 is 2.33 bits per heavy atom. The Morgan fingerprint density at radius 2 is 1.80 bits per heavy atom. The first kappa shape index (κ1) is 12.1. The molecular weight excluding hydrogens is 186 g/mol. The molecule has 0 spiro atoms. The van der Waals surface area contributed by atoms with Crippen LogP contribution in [0.3, 0.4) is 0 Å². The summed E-state index contributed by atoms with van der Waals surface area (Å²) < 4.78 is 0. The molecule has 0 aliphatic rings.